The summed E-state index contributed by atoms with van der Waals surface area (Å²) >= 11 is 2.98. The van der Waals surface area contributed by atoms with Gasteiger partial charge in [-0.3, -0.25) is 5.10 Å². The van der Waals surface area contributed by atoms with Crippen LogP contribution in [0.4, 0.5) is 10.8 Å². The molecule has 7 nitrogen and oxygen atoms in total. The van der Waals surface area contributed by atoms with Crippen molar-refractivity contribution >= 4 is 33.7 Å². The Kier molecular flexibility index (Phi) is 4.11. The van der Waals surface area contributed by atoms with E-state index in [-0.39, 0.29) is 0 Å². The molecule has 0 atom stereocenters. The molecule has 0 aromatic carbocycles. The minimum atomic E-state index is 0.531. The monoisotopic (exact) mass is 321 g/mol. The molecule has 0 unspecified atom stereocenters. The molecule has 0 saturated carbocycles. The molecular formula is C12H15N7S2. The summed E-state index contributed by atoms with van der Waals surface area (Å²) < 4.78 is 4.22. The van der Waals surface area contributed by atoms with Gasteiger partial charge in [-0.05, 0) is 24.9 Å². The Hall–Kier alpha value is -2.00. The summed E-state index contributed by atoms with van der Waals surface area (Å²) in [5, 5.41) is 14.1. The summed E-state index contributed by atoms with van der Waals surface area (Å²) in [6.07, 6.45) is 3.32. The van der Waals surface area contributed by atoms with E-state index >= 15 is 0 Å². The molecule has 3 rings (SSSR count). The molecule has 0 fully saturated rings. The number of aromatic amines is 1. The molecule has 3 aromatic heterocycles. The summed E-state index contributed by atoms with van der Waals surface area (Å²) in [4.78, 5) is 8.59. The third-order valence-corrected chi connectivity index (χ3v) is 4.53. The van der Waals surface area contributed by atoms with Crippen LogP contribution in [-0.4, -0.2) is 31.1 Å². The van der Waals surface area contributed by atoms with E-state index in [4.69, 9.17) is 5.73 Å². The molecule has 110 valence electrons. The second-order valence-electron chi connectivity index (χ2n) is 4.49. The Labute approximate surface area is 129 Å². The van der Waals surface area contributed by atoms with Crippen molar-refractivity contribution in [3.8, 4) is 11.3 Å². The number of hydrogen-bond donors (Lipinski definition) is 3. The number of nitrogen functional groups attached to an aromatic ring is 1. The van der Waals surface area contributed by atoms with Gasteiger partial charge in [0.05, 0.1) is 16.3 Å². The normalized spacial score (nSPS) is 10.9. The van der Waals surface area contributed by atoms with Crippen LogP contribution in [0.3, 0.4) is 0 Å². The zero-order valence-electron chi connectivity index (χ0n) is 11.5. The van der Waals surface area contributed by atoms with E-state index in [0.29, 0.717) is 5.82 Å². The quantitative estimate of drug-likeness (QED) is 0.602. The predicted molar refractivity (Wildman–Crippen MR) is 85.6 cm³/mol. The summed E-state index contributed by atoms with van der Waals surface area (Å²) in [5.41, 5.74) is 7.76. The number of rotatable bonds is 6. The Bertz CT molecular complexity index is 701. The first kappa shape index (κ1) is 14.0. The standard InChI is InChI=1S/C12H15N7S2/c1-7-17-8(5-20-7)10-11(13)19-21-12(10)14-4-2-3-9-15-6-16-18-9/h5-6,14H,2-4H2,1H3,(H2,13,19)(H,15,16,18). The first-order valence-electron chi connectivity index (χ1n) is 6.50. The zero-order chi connectivity index (χ0) is 14.7. The SMILES string of the molecule is Cc1nc(-c2c(N)nsc2NCCCc2ncn[nH]2)cs1. The van der Waals surface area contributed by atoms with Crippen molar-refractivity contribution in [2.75, 3.05) is 17.6 Å². The molecule has 0 aliphatic carbocycles. The molecular weight excluding hydrogens is 306 g/mol. The minimum Gasteiger partial charge on any atom is -0.382 e. The maximum absolute atomic E-state index is 5.96. The van der Waals surface area contributed by atoms with Crippen LogP contribution in [0.25, 0.3) is 11.3 Å². The van der Waals surface area contributed by atoms with Crippen molar-refractivity contribution in [1.82, 2.24) is 24.5 Å². The van der Waals surface area contributed by atoms with Crippen molar-refractivity contribution in [3.05, 3.63) is 22.5 Å². The van der Waals surface area contributed by atoms with Gasteiger partial charge >= 0.3 is 0 Å². The van der Waals surface area contributed by atoms with Crippen molar-refractivity contribution in [2.45, 2.75) is 19.8 Å². The molecule has 3 aromatic rings. The smallest absolute Gasteiger partial charge is 0.148 e. The molecule has 0 amide bonds. The number of aromatic nitrogens is 5. The predicted octanol–water partition coefficient (Wildman–Crippen LogP) is 2.32. The van der Waals surface area contributed by atoms with Crippen LogP contribution in [0.1, 0.15) is 17.3 Å². The maximum Gasteiger partial charge on any atom is 0.148 e. The van der Waals surface area contributed by atoms with Crippen molar-refractivity contribution in [2.24, 2.45) is 0 Å². The van der Waals surface area contributed by atoms with E-state index in [0.717, 1.165) is 46.5 Å². The van der Waals surface area contributed by atoms with Crippen LogP contribution >= 0.6 is 22.9 Å². The average molecular weight is 321 g/mol. The number of aryl methyl sites for hydroxylation is 2. The Balaban J connectivity index is 1.63. The van der Waals surface area contributed by atoms with E-state index in [1.54, 1.807) is 11.3 Å². The van der Waals surface area contributed by atoms with Crippen LogP contribution in [0.2, 0.25) is 0 Å². The van der Waals surface area contributed by atoms with Gasteiger partial charge in [0.2, 0.25) is 0 Å². The average Bonchev–Trinajstić information content (AvgIpc) is 3.17. The van der Waals surface area contributed by atoms with E-state index in [1.807, 2.05) is 12.3 Å². The molecule has 0 bridgehead atoms. The number of anilines is 2. The largest absolute Gasteiger partial charge is 0.382 e. The molecule has 0 spiro atoms. The fourth-order valence-corrected chi connectivity index (χ4v) is 3.31. The summed E-state index contributed by atoms with van der Waals surface area (Å²) in [6, 6.07) is 0. The number of nitrogens with one attached hydrogen (secondary N) is 2. The lowest BCUT2D eigenvalue weighted by Crippen LogP contribution is -2.03. The van der Waals surface area contributed by atoms with E-state index in [2.05, 4.69) is 29.9 Å². The van der Waals surface area contributed by atoms with Gasteiger partial charge < -0.3 is 11.1 Å². The van der Waals surface area contributed by atoms with E-state index < -0.39 is 0 Å². The fourth-order valence-electron chi connectivity index (χ4n) is 1.96. The van der Waals surface area contributed by atoms with Crippen LogP contribution in [-0.2, 0) is 6.42 Å². The third kappa shape index (κ3) is 3.19. The maximum atomic E-state index is 5.96. The number of nitrogens with zero attached hydrogens (tertiary/aromatic N) is 4. The number of thiazole rings is 1. The highest BCUT2D eigenvalue weighted by Gasteiger charge is 2.15. The van der Waals surface area contributed by atoms with Gasteiger partial charge in [0.1, 0.15) is 23.0 Å². The molecule has 4 N–H and O–H groups in total. The van der Waals surface area contributed by atoms with Gasteiger partial charge in [0, 0.05) is 18.3 Å². The zero-order valence-corrected chi connectivity index (χ0v) is 13.1. The van der Waals surface area contributed by atoms with Gasteiger partial charge in [-0.1, -0.05) is 0 Å². The van der Waals surface area contributed by atoms with E-state index in [1.165, 1.54) is 17.9 Å². The summed E-state index contributed by atoms with van der Waals surface area (Å²) in [5.74, 6) is 1.43. The topological polar surface area (TPSA) is 105 Å². The number of H-pyrrole nitrogens is 1. The van der Waals surface area contributed by atoms with Crippen LogP contribution < -0.4 is 11.1 Å². The second-order valence-corrected chi connectivity index (χ2v) is 6.32. The molecule has 21 heavy (non-hydrogen) atoms. The molecule has 0 aliphatic heterocycles. The van der Waals surface area contributed by atoms with Gasteiger partial charge in [-0.25, -0.2) is 9.97 Å². The third-order valence-electron chi connectivity index (χ3n) is 2.93. The molecule has 0 radical (unpaired) electrons. The lowest BCUT2D eigenvalue weighted by molar-refractivity contribution is 0.807. The van der Waals surface area contributed by atoms with Gasteiger partial charge in [0.25, 0.3) is 0 Å². The molecule has 9 heteroatoms. The van der Waals surface area contributed by atoms with Crippen LogP contribution in [0, 0.1) is 6.92 Å². The molecule has 0 aliphatic rings. The summed E-state index contributed by atoms with van der Waals surface area (Å²) in [6.45, 7) is 2.80. The lowest BCUT2D eigenvalue weighted by atomic mass is 10.2. The van der Waals surface area contributed by atoms with Crippen LogP contribution in [0.15, 0.2) is 11.7 Å². The van der Waals surface area contributed by atoms with Gasteiger partial charge in [-0.2, -0.15) is 9.47 Å². The Morgan fingerprint density at radius 1 is 1.43 bits per heavy atom. The fraction of sp³-hybridized carbons (Fsp3) is 0.333. The van der Waals surface area contributed by atoms with Crippen molar-refractivity contribution < 1.29 is 0 Å². The highest BCUT2D eigenvalue weighted by molar-refractivity contribution is 7.11. The van der Waals surface area contributed by atoms with Crippen molar-refractivity contribution in [1.29, 1.82) is 0 Å². The highest BCUT2D eigenvalue weighted by Crippen LogP contribution is 2.36. The van der Waals surface area contributed by atoms with Gasteiger partial charge in [0.15, 0.2) is 0 Å². The van der Waals surface area contributed by atoms with Gasteiger partial charge in [-0.15, -0.1) is 11.3 Å². The Morgan fingerprint density at radius 2 is 2.33 bits per heavy atom. The second kappa shape index (κ2) is 6.19. The van der Waals surface area contributed by atoms with Crippen LogP contribution in [0.5, 0.6) is 0 Å². The highest BCUT2D eigenvalue weighted by atomic mass is 32.1. The Morgan fingerprint density at radius 3 is 3.05 bits per heavy atom. The lowest BCUT2D eigenvalue weighted by Gasteiger charge is -2.05. The number of nitrogens with two attached hydrogens (primary N) is 1. The van der Waals surface area contributed by atoms with Crippen molar-refractivity contribution in [3.63, 3.8) is 0 Å². The first-order valence-corrected chi connectivity index (χ1v) is 8.15. The first-order chi connectivity index (χ1) is 10.2. The minimum absolute atomic E-state index is 0.531. The molecule has 0 saturated heterocycles. The molecule has 3 heterocycles. The number of hydrogen-bond acceptors (Lipinski definition) is 8. The van der Waals surface area contributed by atoms with E-state index in [9.17, 15) is 0 Å². The summed E-state index contributed by atoms with van der Waals surface area (Å²) in [7, 11) is 0.